The number of barbiturate groups is 1. The van der Waals surface area contributed by atoms with Crippen LogP contribution in [-0.4, -0.2) is 47.9 Å². The molecule has 0 atom stereocenters. The molecule has 1 aliphatic carbocycles. The van der Waals surface area contributed by atoms with Gasteiger partial charge in [-0.3, -0.25) is 24.6 Å². The standard InChI is InChI=1S/C27H27BrFN3O6/c1-2-37-22-13-16(12-20-25(34)31-27(36)32(26(20)35)19-6-4-3-5-7-19)21(28)14-23(22)38-15-24(33)30-18-10-8-17(29)9-11-18/h8-14,19H,2-7,15H2,1H3,(H,30,33)(H,31,34,36). The van der Waals surface area contributed by atoms with E-state index < -0.39 is 29.6 Å². The van der Waals surface area contributed by atoms with Crippen molar-refractivity contribution in [1.29, 1.82) is 0 Å². The summed E-state index contributed by atoms with van der Waals surface area (Å²) in [5, 5.41) is 4.88. The molecule has 1 aliphatic heterocycles. The highest BCUT2D eigenvalue weighted by Crippen LogP contribution is 2.36. The Morgan fingerprint density at radius 1 is 1.11 bits per heavy atom. The summed E-state index contributed by atoms with van der Waals surface area (Å²) in [5.74, 6) is -1.72. The molecule has 1 saturated carbocycles. The first kappa shape index (κ1) is 27.3. The van der Waals surface area contributed by atoms with Gasteiger partial charge >= 0.3 is 6.03 Å². The molecule has 2 aromatic carbocycles. The molecule has 200 valence electrons. The number of urea groups is 1. The Morgan fingerprint density at radius 3 is 2.47 bits per heavy atom. The molecule has 11 heteroatoms. The topological polar surface area (TPSA) is 114 Å². The molecule has 2 fully saturated rings. The van der Waals surface area contributed by atoms with Crippen LogP contribution >= 0.6 is 15.9 Å². The van der Waals surface area contributed by atoms with Crippen molar-refractivity contribution in [2.75, 3.05) is 18.5 Å². The number of amides is 5. The first-order valence-electron chi connectivity index (χ1n) is 12.3. The number of hydrogen-bond acceptors (Lipinski definition) is 6. The molecule has 5 amide bonds. The van der Waals surface area contributed by atoms with Gasteiger partial charge in [0.2, 0.25) is 0 Å². The van der Waals surface area contributed by atoms with Crippen molar-refractivity contribution in [3.63, 3.8) is 0 Å². The van der Waals surface area contributed by atoms with E-state index in [1.807, 2.05) is 0 Å². The average Bonchev–Trinajstić information content (AvgIpc) is 2.89. The molecular formula is C27H27BrFN3O6. The van der Waals surface area contributed by atoms with Crippen LogP contribution in [0.3, 0.4) is 0 Å². The maximum atomic E-state index is 13.2. The van der Waals surface area contributed by atoms with E-state index in [1.165, 1.54) is 30.3 Å². The van der Waals surface area contributed by atoms with Gasteiger partial charge < -0.3 is 14.8 Å². The van der Waals surface area contributed by atoms with Gasteiger partial charge in [0.25, 0.3) is 17.7 Å². The number of anilines is 1. The quantitative estimate of drug-likeness (QED) is 0.339. The van der Waals surface area contributed by atoms with Gasteiger partial charge in [0.1, 0.15) is 11.4 Å². The minimum Gasteiger partial charge on any atom is -0.490 e. The van der Waals surface area contributed by atoms with Crippen molar-refractivity contribution >= 4 is 51.4 Å². The molecular weight excluding hydrogens is 561 g/mol. The lowest BCUT2D eigenvalue weighted by Gasteiger charge is -2.35. The fourth-order valence-electron chi connectivity index (χ4n) is 4.41. The lowest BCUT2D eigenvalue weighted by molar-refractivity contribution is -0.132. The summed E-state index contributed by atoms with van der Waals surface area (Å²) >= 11 is 3.43. The van der Waals surface area contributed by atoms with Gasteiger partial charge in [-0.05, 0) is 67.8 Å². The van der Waals surface area contributed by atoms with Crippen molar-refractivity contribution in [3.8, 4) is 11.5 Å². The van der Waals surface area contributed by atoms with Gasteiger partial charge in [0.05, 0.1) is 6.61 Å². The molecule has 0 unspecified atom stereocenters. The summed E-state index contributed by atoms with van der Waals surface area (Å²) in [6.07, 6.45) is 5.71. The van der Waals surface area contributed by atoms with Crippen LogP contribution in [0.5, 0.6) is 11.5 Å². The number of imide groups is 2. The number of benzene rings is 2. The largest absolute Gasteiger partial charge is 0.490 e. The molecule has 1 saturated heterocycles. The Labute approximate surface area is 227 Å². The molecule has 38 heavy (non-hydrogen) atoms. The fraction of sp³-hybridized carbons (Fsp3) is 0.333. The Kier molecular flexibility index (Phi) is 8.77. The summed E-state index contributed by atoms with van der Waals surface area (Å²) in [6, 6.07) is 7.54. The normalized spacial score (nSPS) is 17.4. The van der Waals surface area contributed by atoms with E-state index in [-0.39, 0.29) is 24.0 Å². The number of nitrogens with zero attached hydrogens (tertiary/aromatic N) is 1. The Hall–Kier alpha value is -3.73. The van der Waals surface area contributed by atoms with E-state index in [4.69, 9.17) is 9.47 Å². The molecule has 2 aliphatic rings. The van der Waals surface area contributed by atoms with Crippen molar-refractivity contribution < 1.29 is 33.0 Å². The minimum absolute atomic E-state index is 0.161. The van der Waals surface area contributed by atoms with Crippen molar-refractivity contribution in [1.82, 2.24) is 10.2 Å². The zero-order valence-corrected chi connectivity index (χ0v) is 22.3. The van der Waals surface area contributed by atoms with Crippen LogP contribution in [0.4, 0.5) is 14.9 Å². The molecule has 2 aromatic rings. The van der Waals surface area contributed by atoms with Gasteiger partial charge in [-0.25, -0.2) is 9.18 Å². The number of hydrogen-bond donors (Lipinski definition) is 2. The molecule has 0 bridgehead atoms. The molecule has 0 spiro atoms. The highest BCUT2D eigenvalue weighted by atomic mass is 79.9. The van der Waals surface area contributed by atoms with E-state index >= 15 is 0 Å². The fourth-order valence-corrected chi connectivity index (χ4v) is 4.85. The zero-order chi connectivity index (χ0) is 27.2. The van der Waals surface area contributed by atoms with Crippen LogP contribution in [0.2, 0.25) is 0 Å². The van der Waals surface area contributed by atoms with Gasteiger partial charge in [0, 0.05) is 16.2 Å². The summed E-state index contributed by atoms with van der Waals surface area (Å²) < 4.78 is 24.9. The van der Waals surface area contributed by atoms with Gasteiger partial charge in [-0.1, -0.05) is 35.2 Å². The van der Waals surface area contributed by atoms with Crippen LogP contribution in [0.15, 0.2) is 46.4 Å². The van der Waals surface area contributed by atoms with Crippen molar-refractivity contribution in [3.05, 3.63) is 57.8 Å². The number of carbonyl (C=O) groups is 4. The maximum absolute atomic E-state index is 13.2. The Balaban J connectivity index is 1.54. The zero-order valence-electron chi connectivity index (χ0n) is 20.7. The molecule has 2 N–H and O–H groups in total. The summed E-state index contributed by atoms with van der Waals surface area (Å²) in [5.41, 5.74) is 0.711. The van der Waals surface area contributed by atoms with Crippen LogP contribution in [-0.2, 0) is 14.4 Å². The maximum Gasteiger partial charge on any atom is 0.331 e. The predicted octanol–water partition coefficient (Wildman–Crippen LogP) is 4.80. The van der Waals surface area contributed by atoms with E-state index in [0.29, 0.717) is 40.9 Å². The molecule has 4 rings (SSSR count). The van der Waals surface area contributed by atoms with Crippen molar-refractivity contribution in [2.45, 2.75) is 45.1 Å². The number of rotatable bonds is 8. The van der Waals surface area contributed by atoms with Gasteiger partial charge in [-0.2, -0.15) is 0 Å². The van der Waals surface area contributed by atoms with Crippen LogP contribution in [0.1, 0.15) is 44.6 Å². The number of nitrogens with one attached hydrogen (secondary N) is 2. The van der Waals surface area contributed by atoms with Crippen molar-refractivity contribution in [2.24, 2.45) is 0 Å². The van der Waals surface area contributed by atoms with Crippen LogP contribution in [0, 0.1) is 5.82 Å². The smallest absolute Gasteiger partial charge is 0.331 e. The second-order valence-corrected chi connectivity index (χ2v) is 9.74. The number of halogens is 2. The van der Waals surface area contributed by atoms with E-state index in [2.05, 4.69) is 26.6 Å². The predicted molar refractivity (Wildman–Crippen MR) is 141 cm³/mol. The Morgan fingerprint density at radius 2 is 1.79 bits per heavy atom. The summed E-state index contributed by atoms with van der Waals surface area (Å²) in [7, 11) is 0. The average molecular weight is 588 g/mol. The molecule has 0 radical (unpaired) electrons. The summed E-state index contributed by atoms with van der Waals surface area (Å²) in [6.45, 7) is 1.72. The summed E-state index contributed by atoms with van der Waals surface area (Å²) in [4.78, 5) is 51.8. The van der Waals surface area contributed by atoms with Crippen LogP contribution in [0.25, 0.3) is 6.08 Å². The van der Waals surface area contributed by atoms with E-state index in [0.717, 1.165) is 24.2 Å². The third-order valence-corrected chi connectivity index (χ3v) is 6.91. The Bertz CT molecular complexity index is 1270. The second kappa shape index (κ2) is 12.2. The van der Waals surface area contributed by atoms with E-state index in [9.17, 15) is 23.6 Å². The van der Waals surface area contributed by atoms with Gasteiger partial charge in [-0.15, -0.1) is 0 Å². The monoisotopic (exact) mass is 587 g/mol. The minimum atomic E-state index is -0.769. The highest BCUT2D eigenvalue weighted by molar-refractivity contribution is 9.10. The lowest BCUT2D eigenvalue weighted by atomic mass is 9.93. The molecule has 9 nitrogen and oxygen atoms in total. The second-order valence-electron chi connectivity index (χ2n) is 8.88. The first-order valence-corrected chi connectivity index (χ1v) is 13.1. The SMILES string of the molecule is CCOc1cc(C=C2C(=O)NC(=O)N(C3CCCCC3)C2=O)c(Br)cc1OCC(=O)Nc1ccc(F)cc1. The lowest BCUT2D eigenvalue weighted by Crippen LogP contribution is -2.58. The van der Waals surface area contributed by atoms with Crippen LogP contribution < -0.4 is 20.1 Å². The van der Waals surface area contributed by atoms with E-state index in [1.54, 1.807) is 19.1 Å². The third-order valence-electron chi connectivity index (χ3n) is 6.22. The first-order chi connectivity index (χ1) is 18.3. The highest BCUT2D eigenvalue weighted by Gasteiger charge is 2.40. The molecule has 0 aromatic heterocycles. The number of carbonyl (C=O) groups excluding carboxylic acids is 4. The van der Waals surface area contributed by atoms with Gasteiger partial charge in [0.15, 0.2) is 18.1 Å². The number of ether oxygens (including phenoxy) is 2. The third kappa shape index (κ3) is 6.39. The molecule has 1 heterocycles.